The van der Waals surface area contributed by atoms with Gasteiger partial charge in [-0.05, 0) is 31.2 Å². The van der Waals surface area contributed by atoms with Crippen molar-refractivity contribution in [2.75, 3.05) is 0 Å². The molecule has 0 radical (unpaired) electrons. The molecule has 1 aliphatic rings. The van der Waals surface area contributed by atoms with Gasteiger partial charge in [0.2, 0.25) is 5.69 Å². The van der Waals surface area contributed by atoms with Crippen LogP contribution in [0.3, 0.4) is 0 Å². The maximum absolute atomic E-state index is 8.89. The van der Waals surface area contributed by atoms with Gasteiger partial charge in [0.25, 0.3) is 0 Å². The third kappa shape index (κ3) is 4.76. The number of hydrogen-bond donors (Lipinski definition) is 0. The number of carbonyl (C=O) groups is 1. The van der Waals surface area contributed by atoms with Crippen LogP contribution in [0.25, 0.3) is 11.2 Å². The fraction of sp³-hybridized carbons (Fsp3) is 0.346. The normalized spacial score (nSPS) is 14.8. The number of aromatic nitrogens is 2. The summed E-state index contributed by atoms with van der Waals surface area (Å²) >= 11 is 0. The molecule has 0 bridgehead atoms. The Kier molecular flexibility index (Phi) is 5.90. The number of pyridine rings is 2. The molecule has 5 heteroatoms. The molecular weight excluding hydrogens is 386 g/mol. The second kappa shape index (κ2) is 8.14. The van der Waals surface area contributed by atoms with Crippen LogP contribution in [-0.2, 0) is 10.2 Å². The van der Waals surface area contributed by atoms with Crippen LogP contribution in [0.4, 0.5) is 5.69 Å². The first kappa shape index (κ1) is 22.5. The SMILES string of the molecule is CC(=O)[O-].CC(C)(C)C1=CC(=Nc2cc(C(C)(C)C)n3ccccc23)c2cccc[n+]21. The predicted octanol–water partition coefficient (Wildman–Crippen LogP) is 4.30. The van der Waals surface area contributed by atoms with Crippen LogP contribution in [0.5, 0.6) is 0 Å². The van der Waals surface area contributed by atoms with Crippen molar-refractivity contribution in [2.24, 2.45) is 10.4 Å². The summed E-state index contributed by atoms with van der Waals surface area (Å²) in [6.45, 7) is 14.5. The van der Waals surface area contributed by atoms with Gasteiger partial charge in [0, 0.05) is 46.9 Å². The minimum Gasteiger partial charge on any atom is -0.550 e. The number of aliphatic carboxylic acids is 1. The van der Waals surface area contributed by atoms with E-state index in [-0.39, 0.29) is 10.8 Å². The van der Waals surface area contributed by atoms with Gasteiger partial charge in [0.15, 0.2) is 11.9 Å². The van der Waals surface area contributed by atoms with E-state index < -0.39 is 5.97 Å². The molecule has 3 aromatic heterocycles. The molecule has 3 aromatic rings. The highest BCUT2D eigenvalue weighted by atomic mass is 16.4. The van der Waals surface area contributed by atoms with E-state index in [0.717, 1.165) is 29.5 Å². The average molecular weight is 418 g/mol. The predicted molar refractivity (Wildman–Crippen MR) is 123 cm³/mol. The quantitative estimate of drug-likeness (QED) is 0.554. The van der Waals surface area contributed by atoms with Gasteiger partial charge in [-0.15, -0.1) is 0 Å². The number of hydrogen-bond acceptors (Lipinski definition) is 3. The summed E-state index contributed by atoms with van der Waals surface area (Å²) in [5, 5.41) is 8.89. The second-order valence-corrected chi connectivity index (χ2v) is 9.84. The molecule has 0 aliphatic carbocycles. The van der Waals surface area contributed by atoms with Gasteiger partial charge >= 0.3 is 0 Å². The van der Waals surface area contributed by atoms with Gasteiger partial charge in [0.1, 0.15) is 5.71 Å². The fourth-order valence-corrected chi connectivity index (χ4v) is 3.73. The summed E-state index contributed by atoms with van der Waals surface area (Å²) in [6.07, 6.45) is 6.50. The van der Waals surface area contributed by atoms with Gasteiger partial charge in [-0.1, -0.05) is 47.6 Å². The van der Waals surface area contributed by atoms with Crippen molar-refractivity contribution in [1.82, 2.24) is 4.40 Å². The van der Waals surface area contributed by atoms with Gasteiger partial charge in [-0.2, -0.15) is 4.57 Å². The van der Waals surface area contributed by atoms with Gasteiger partial charge < -0.3 is 14.3 Å². The molecule has 31 heavy (non-hydrogen) atoms. The first-order valence-corrected chi connectivity index (χ1v) is 10.5. The monoisotopic (exact) mass is 417 g/mol. The zero-order chi connectivity index (χ0) is 23.0. The zero-order valence-corrected chi connectivity index (χ0v) is 19.4. The molecule has 162 valence electrons. The van der Waals surface area contributed by atoms with Crippen LogP contribution < -0.4 is 9.67 Å². The van der Waals surface area contributed by atoms with E-state index in [9.17, 15) is 0 Å². The molecule has 4 rings (SSSR count). The topological polar surface area (TPSA) is 60.8 Å². The van der Waals surface area contributed by atoms with Crippen LogP contribution in [-0.4, -0.2) is 16.1 Å². The Morgan fingerprint density at radius 2 is 1.65 bits per heavy atom. The van der Waals surface area contributed by atoms with Crippen LogP contribution in [0, 0.1) is 5.41 Å². The lowest BCUT2D eigenvalue weighted by Gasteiger charge is -2.18. The Labute approximate surface area is 184 Å². The van der Waals surface area contributed by atoms with E-state index in [0.29, 0.717) is 0 Å². The van der Waals surface area contributed by atoms with Crippen molar-refractivity contribution >= 4 is 28.6 Å². The summed E-state index contributed by atoms with van der Waals surface area (Å²) in [6, 6.07) is 14.9. The summed E-state index contributed by atoms with van der Waals surface area (Å²) in [7, 11) is 0. The van der Waals surface area contributed by atoms with Gasteiger partial charge in [-0.3, -0.25) is 0 Å². The molecule has 0 amide bonds. The Balaban J connectivity index is 0.000000628. The van der Waals surface area contributed by atoms with Crippen LogP contribution in [0.15, 0.2) is 65.9 Å². The number of allylic oxidation sites excluding steroid dienone is 2. The van der Waals surface area contributed by atoms with Crippen molar-refractivity contribution in [3.8, 4) is 0 Å². The maximum atomic E-state index is 8.89. The molecule has 0 saturated carbocycles. The summed E-state index contributed by atoms with van der Waals surface area (Å²) in [5.41, 5.74) is 7.00. The molecule has 0 saturated heterocycles. The number of carbonyl (C=O) groups excluding carboxylic acids is 1. The first-order valence-electron chi connectivity index (χ1n) is 10.5. The molecule has 4 heterocycles. The summed E-state index contributed by atoms with van der Waals surface area (Å²) < 4.78 is 4.53. The standard InChI is InChI=1S/C24H28N3.C2H4O2/c1-23(2,3)21-15-17(19-11-7-9-13-26(19)21)25-18-16-22(24(4,5)6)27-14-10-8-12-20(18)27;1-2(3)4/h7-16H,1-6H3;1H3,(H,3,4)/q+1;/p-1. The van der Waals surface area contributed by atoms with E-state index in [1.807, 2.05) is 0 Å². The Morgan fingerprint density at radius 1 is 1.00 bits per heavy atom. The number of carboxylic acid groups (broad SMARTS) is 1. The highest BCUT2D eigenvalue weighted by Crippen LogP contribution is 2.34. The van der Waals surface area contributed by atoms with Crippen molar-refractivity contribution < 1.29 is 14.5 Å². The molecule has 0 spiro atoms. The maximum Gasteiger partial charge on any atom is 0.236 e. The van der Waals surface area contributed by atoms with Crippen LogP contribution >= 0.6 is 0 Å². The van der Waals surface area contributed by atoms with E-state index in [1.54, 1.807) is 0 Å². The molecular formula is C26H31N3O2. The lowest BCUT2D eigenvalue weighted by molar-refractivity contribution is -0.587. The van der Waals surface area contributed by atoms with Crippen molar-refractivity contribution in [2.45, 2.75) is 53.9 Å². The Morgan fingerprint density at radius 3 is 2.26 bits per heavy atom. The zero-order valence-electron chi connectivity index (χ0n) is 19.4. The lowest BCUT2D eigenvalue weighted by Crippen LogP contribution is -2.38. The smallest absolute Gasteiger partial charge is 0.236 e. The lowest BCUT2D eigenvalue weighted by atomic mass is 9.92. The minimum absolute atomic E-state index is 0.0530. The van der Waals surface area contributed by atoms with E-state index in [2.05, 4.69) is 111 Å². The summed E-state index contributed by atoms with van der Waals surface area (Å²) in [5.74, 6) is -1.08. The largest absolute Gasteiger partial charge is 0.550 e. The molecule has 5 nitrogen and oxygen atoms in total. The Hall–Kier alpha value is -3.21. The van der Waals surface area contributed by atoms with Gasteiger partial charge in [-0.25, -0.2) is 4.99 Å². The van der Waals surface area contributed by atoms with Crippen molar-refractivity contribution in [3.63, 3.8) is 0 Å². The second-order valence-electron chi connectivity index (χ2n) is 9.84. The first-order chi connectivity index (χ1) is 14.4. The number of nitrogens with zero attached hydrogens (tertiary/aromatic N) is 3. The van der Waals surface area contributed by atoms with E-state index in [1.165, 1.54) is 11.4 Å². The molecule has 0 aromatic carbocycles. The average Bonchev–Trinajstić information content (AvgIpc) is 3.21. The third-order valence-electron chi connectivity index (χ3n) is 5.09. The molecule has 0 atom stereocenters. The van der Waals surface area contributed by atoms with Crippen LogP contribution in [0.2, 0.25) is 0 Å². The van der Waals surface area contributed by atoms with E-state index in [4.69, 9.17) is 14.9 Å². The van der Waals surface area contributed by atoms with Crippen molar-refractivity contribution in [3.05, 3.63) is 72.3 Å². The van der Waals surface area contributed by atoms with Crippen molar-refractivity contribution in [1.29, 1.82) is 0 Å². The number of fused-ring (bicyclic) bond motifs is 2. The molecule has 0 N–H and O–H groups in total. The van der Waals surface area contributed by atoms with Gasteiger partial charge in [0.05, 0.1) is 11.2 Å². The number of carboxylic acids is 1. The highest BCUT2D eigenvalue weighted by Gasteiger charge is 2.36. The highest BCUT2D eigenvalue weighted by molar-refractivity contribution is 6.12. The molecule has 0 fully saturated rings. The third-order valence-corrected chi connectivity index (χ3v) is 5.09. The summed E-state index contributed by atoms with van der Waals surface area (Å²) in [4.78, 5) is 14.0. The van der Waals surface area contributed by atoms with E-state index >= 15 is 0 Å². The fourth-order valence-electron chi connectivity index (χ4n) is 3.73. The minimum atomic E-state index is -1.08. The number of rotatable bonds is 1. The van der Waals surface area contributed by atoms with Crippen LogP contribution in [0.1, 0.15) is 59.9 Å². The molecule has 0 unspecified atom stereocenters. The molecule has 1 aliphatic heterocycles. The Bertz CT molecular complexity index is 1180. The number of aliphatic imine (C=N–C) groups is 1.